The molecule has 1 atom stereocenters. The van der Waals surface area contributed by atoms with Gasteiger partial charge in [-0.05, 0) is 38.8 Å². The summed E-state index contributed by atoms with van der Waals surface area (Å²) >= 11 is 0. The molecule has 1 aliphatic carbocycles. The van der Waals surface area contributed by atoms with Crippen molar-refractivity contribution in [1.82, 2.24) is 10.2 Å². The van der Waals surface area contributed by atoms with E-state index >= 15 is 0 Å². The summed E-state index contributed by atoms with van der Waals surface area (Å²) in [4.78, 5) is 13.0. The summed E-state index contributed by atoms with van der Waals surface area (Å²) < 4.78 is 37.6. The van der Waals surface area contributed by atoms with Crippen molar-refractivity contribution in [2.45, 2.75) is 37.9 Å². The normalized spacial score (nSPS) is 19.5. The highest BCUT2D eigenvalue weighted by molar-refractivity contribution is 5.86. The van der Waals surface area contributed by atoms with Gasteiger partial charge >= 0.3 is 6.18 Å². The Morgan fingerprint density at radius 3 is 2.26 bits per heavy atom. The van der Waals surface area contributed by atoms with E-state index in [1.54, 1.807) is 7.05 Å². The summed E-state index contributed by atoms with van der Waals surface area (Å²) in [5, 5.41) is 2.87. The van der Waals surface area contributed by atoms with Gasteiger partial charge in [-0.25, -0.2) is 0 Å². The van der Waals surface area contributed by atoms with E-state index in [-0.39, 0.29) is 12.5 Å². The standard InChI is InChI=1S/C12H22F3N3O/c1-3-6-18(8-12(13,14)15)7-11(17-2,10(16)19)9-4-5-9/h9,17H,3-8H2,1-2H3,(H2,16,19). The van der Waals surface area contributed by atoms with Gasteiger partial charge in [0.25, 0.3) is 0 Å². The molecule has 1 amide bonds. The Hall–Kier alpha value is -0.820. The molecule has 7 heteroatoms. The van der Waals surface area contributed by atoms with Gasteiger partial charge in [-0.1, -0.05) is 6.92 Å². The SMILES string of the molecule is CCCN(CC(F)(F)F)CC(NC)(C(N)=O)C1CC1. The second-order valence-corrected chi connectivity index (χ2v) is 5.19. The minimum Gasteiger partial charge on any atom is -0.368 e. The van der Waals surface area contributed by atoms with Gasteiger partial charge in [0, 0.05) is 6.54 Å². The number of carbonyl (C=O) groups excluding carboxylic acids is 1. The minimum atomic E-state index is -4.27. The van der Waals surface area contributed by atoms with Crippen LogP contribution in [0.25, 0.3) is 0 Å². The molecule has 0 radical (unpaired) electrons. The lowest BCUT2D eigenvalue weighted by Gasteiger charge is -2.36. The molecule has 1 fully saturated rings. The maximum atomic E-state index is 12.5. The molecule has 4 nitrogen and oxygen atoms in total. The van der Waals surface area contributed by atoms with Crippen LogP contribution in [0.3, 0.4) is 0 Å². The molecule has 1 saturated carbocycles. The first-order valence-electron chi connectivity index (χ1n) is 6.53. The Morgan fingerprint density at radius 1 is 1.37 bits per heavy atom. The molecule has 0 bridgehead atoms. The largest absolute Gasteiger partial charge is 0.401 e. The number of likely N-dealkylation sites (N-methyl/N-ethyl adjacent to an activating group) is 1. The van der Waals surface area contributed by atoms with Crippen LogP contribution in [-0.4, -0.2) is 49.2 Å². The van der Waals surface area contributed by atoms with Crippen molar-refractivity contribution in [3.8, 4) is 0 Å². The average Bonchev–Trinajstić information content (AvgIpc) is 3.07. The van der Waals surface area contributed by atoms with Gasteiger partial charge in [-0.2, -0.15) is 13.2 Å². The van der Waals surface area contributed by atoms with Gasteiger partial charge in [0.1, 0.15) is 5.54 Å². The Bertz CT molecular complexity index is 318. The molecule has 1 aliphatic rings. The highest BCUT2D eigenvalue weighted by Gasteiger charge is 2.50. The predicted molar refractivity (Wildman–Crippen MR) is 66.5 cm³/mol. The Morgan fingerprint density at radius 2 is 1.95 bits per heavy atom. The van der Waals surface area contributed by atoms with Crippen LogP contribution in [0, 0.1) is 5.92 Å². The van der Waals surface area contributed by atoms with E-state index in [1.807, 2.05) is 6.92 Å². The summed E-state index contributed by atoms with van der Waals surface area (Å²) in [7, 11) is 1.58. The number of halogens is 3. The molecular weight excluding hydrogens is 259 g/mol. The zero-order valence-corrected chi connectivity index (χ0v) is 11.4. The number of nitrogens with zero attached hydrogens (tertiary/aromatic N) is 1. The topological polar surface area (TPSA) is 58.4 Å². The second kappa shape index (κ2) is 6.09. The molecule has 0 aromatic rings. The Balaban J connectivity index is 2.81. The van der Waals surface area contributed by atoms with Crippen molar-refractivity contribution < 1.29 is 18.0 Å². The minimum absolute atomic E-state index is 0.0108. The van der Waals surface area contributed by atoms with E-state index in [2.05, 4.69) is 5.32 Å². The van der Waals surface area contributed by atoms with E-state index in [4.69, 9.17) is 5.73 Å². The van der Waals surface area contributed by atoms with E-state index in [0.717, 1.165) is 12.8 Å². The number of alkyl halides is 3. The number of carbonyl (C=O) groups is 1. The van der Waals surface area contributed by atoms with Gasteiger partial charge in [0.15, 0.2) is 0 Å². The van der Waals surface area contributed by atoms with Crippen LogP contribution in [0.4, 0.5) is 13.2 Å². The van der Waals surface area contributed by atoms with Crippen molar-refractivity contribution in [3.63, 3.8) is 0 Å². The van der Waals surface area contributed by atoms with Crippen molar-refractivity contribution >= 4 is 5.91 Å². The highest BCUT2D eigenvalue weighted by Crippen LogP contribution is 2.40. The molecule has 0 aliphatic heterocycles. The fourth-order valence-corrected chi connectivity index (χ4v) is 2.53. The molecule has 0 aromatic heterocycles. The monoisotopic (exact) mass is 281 g/mol. The van der Waals surface area contributed by atoms with Crippen molar-refractivity contribution in [1.29, 1.82) is 0 Å². The van der Waals surface area contributed by atoms with Gasteiger partial charge in [0.2, 0.25) is 5.91 Å². The molecule has 0 aromatic carbocycles. The number of nitrogens with two attached hydrogens (primary N) is 1. The fraction of sp³-hybridized carbons (Fsp3) is 0.917. The molecule has 0 spiro atoms. The van der Waals surface area contributed by atoms with Gasteiger partial charge in [0.05, 0.1) is 6.54 Å². The van der Waals surface area contributed by atoms with Gasteiger partial charge < -0.3 is 11.1 Å². The van der Waals surface area contributed by atoms with Crippen molar-refractivity contribution in [2.24, 2.45) is 11.7 Å². The third-order valence-corrected chi connectivity index (χ3v) is 3.58. The lowest BCUT2D eigenvalue weighted by atomic mass is 9.91. The molecule has 3 N–H and O–H groups in total. The maximum absolute atomic E-state index is 12.5. The average molecular weight is 281 g/mol. The predicted octanol–water partition coefficient (Wildman–Crippen LogP) is 1.11. The third kappa shape index (κ3) is 4.35. The summed E-state index contributed by atoms with van der Waals surface area (Å²) in [6.45, 7) is 1.11. The van der Waals surface area contributed by atoms with Gasteiger partial charge in [-0.15, -0.1) is 0 Å². The summed E-state index contributed by atoms with van der Waals surface area (Å²) in [5.41, 5.74) is 4.38. The molecule has 19 heavy (non-hydrogen) atoms. The molecular formula is C12H22F3N3O. The summed E-state index contributed by atoms with van der Waals surface area (Å²) in [6, 6.07) is 0. The van der Waals surface area contributed by atoms with Crippen LogP contribution >= 0.6 is 0 Å². The van der Waals surface area contributed by atoms with Crippen LogP contribution in [0.1, 0.15) is 26.2 Å². The zero-order valence-electron chi connectivity index (χ0n) is 11.4. The molecule has 1 rings (SSSR count). The first kappa shape index (κ1) is 16.2. The number of primary amides is 1. The lowest BCUT2D eigenvalue weighted by molar-refractivity contribution is -0.150. The summed E-state index contributed by atoms with van der Waals surface area (Å²) in [5.74, 6) is -0.525. The quantitative estimate of drug-likeness (QED) is 0.701. The number of hydrogen-bond donors (Lipinski definition) is 2. The van der Waals surface area contributed by atoms with Crippen molar-refractivity contribution in [3.05, 3.63) is 0 Å². The smallest absolute Gasteiger partial charge is 0.368 e. The lowest BCUT2D eigenvalue weighted by Crippen LogP contribution is -2.62. The van der Waals surface area contributed by atoms with Crippen LogP contribution < -0.4 is 11.1 Å². The number of amides is 1. The zero-order chi connectivity index (χ0) is 14.7. The van der Waals surface area contributed by atoms with E-state index in [1.165, 1.54) is 4.90 Å². The maximum Gasteiger partial charge on any atom is 0.401 e. The fourth-order valence-electron chi connectivity index (χ4n) is 2.53. The molecule has 0 saturated heterocycles. The molecule has 112 valence electrons. The van der Waals surface area contributed by atoms with Crippen LogP contribution in [0.15, 0.2) is 0 Å². The number of hydrogen-bond acceptors (Lipinski definition) is 3. The van der Waals surface area contributed by atoms with Crippen LogP contribution in [0.5, 0.6) is 0 Å². The van der Waals surface area contributed by atoms with E-state index in [9.17, 15) is 18.0 Å². The molecule has 1 unspecified atom stereocenters. The highest BCUT2D eigenvalue weighted by atomic mass is 19.4. The molecule has 0 heterocycles. The Labute approximate surface area is 111 Å². The number of rotatable bonds is 8. The van der Waals surface area contributed by atoms with E-state index in [0.29, 0.717) is 13.0 Å². The summed E-state index contributed by atoms with van der Waals surface area (Å²) in [6.07, 6.45) is -2.01. The van der Waals surface area contributed by atoms with Crippen molar-refractivity contribution in [2.75, 3.05) is 26.7 Å². The third-order valence-electron chi connectivity index (χ3n) is 3.58. The van der Waals surface area contributed by atoms with Crippen LogP contribution in [-0.2, 0) is 4.79 Å². The van der Waals surface area contributed by atoms with Crippen LogP contribution in [0.2, 0.25) is 0 Å². The number of nitrogens with one attached hydrogen (secondary N) is 1. The first-order chi connectivity index (χ1) is 8.75. The second-order valence-electron chi connectivity index (χ2n) is 5.19. The Kier molecular flexibility index (Phi) is 5.20. The van der Waals surface area contributed by atoms with E-state index < -0.39 is 24.2 Å². The van der Waals surface area contributed by atoms with Gasteiger partial charge in [-0.3, -0.25) is 9.69 Å². The first-order valence-corrected chi connectivity index (χ1v) is 6.53.